The molecule has 2 nitrogen and oxygen atoms in total. The van der Waals surface area contributed by atoms with Gasteiger partial charge in [0.2, 0.25) is 0 Å². The summed E-state index contributed by atoms with van der Waals surface area (Å²) < 4.78 is 5.47. The number of rotatable bonds is 3. The molecule has 3 heterocycles. The van der Waals surface area contributed by atoms with Gasteiger partial charge in [-0.3, -0.25) is 0 Å². The summed E-state index contributed by atoms with van der Waals surface area (Å²) in [5, 5.41) is 7.77. The number of nitrogens with zero attached hydrogens (tertiary/aromatic N) is 2. The molecule has 42 heavy (non-hydrogen) atoms. The SMILES string of the molecule is c1ccc(-c2ccc(-c3cnc(-c4ccc5cc6c(cc5c4)sc4c5cc7ccccc7cc5sc64)nc3)cc2)cc1. The Balaban J connectivity index is 1.06. The van der Waals surface area contributed by atoms with Gasteiger partial charge in [-0.05, 0) is 68.6 Å². The summed E-state index contributed by atoms with van der Waals surface area (Å²) in [5.41, 5.74) is 5.57. The molecule has 9 aromatic rings. The van der Waals surface area contributed by atoms with Crippen LogP contribution >= 0.6 is 22.7 Å². The van der Waals surface area contributed by atoms with Crippen LogP contribution in [0.1, 0.15) is 0 Å². The van der Waals surface area contributed by atoms with E-state index in [0.717, 1.165) is 22.5 Å². The lowest BCUT2D eigenvalue weighted by Crippen LogP contribution is -1.90. The fraction of sp³-hybridized carbons (Fsp3) is 0. The normalized spacial score (nSPS) is 11.8. The van der Waals surface area contributed by atoms with Crippen molar-refractivity contribution < 1.29 is 0 Å². The van der Waals surface area contributed by atoms with Gasteiger partial charge < -0.3 is 0 Å². The van der Waals surface area contributed by atoms with E-state index in [4.69, 9.17) is 9.97 Å². The number of benzene rings is 6. The summed E-state index contributed by atoms with van der Waals surface area (Å²) >= 11 is 3.81. The van der Waals surface area contributed by atoms with Crippen LogP contribution < -0.4 is 0 Å². The Kier molecular flexibility index (Phi) is 5.27. The molecule has 0 fully saturated rings. The molecule has 0 saturated heterocycles. The lowest BCUT2D eigenvalue weighted by atomic mass is 10.0. The molecule has 196 valence electrons. The summed E-state index contributed by atoms with van der Waals surface area (Å²) in [5.74, 6) is 0.742. The predicted molar refractivity (Wildman–Crippen MR) is 182 cm³/mol. The lowest BCUT2D eigenvalue weighted by molar-refractivity contribution is 1.18. The topological polar surface area (TPSA) is 25.8 Å². The second kappa shape index (κ2) is 9.31. The third kappa shape index (κ3) is 3.84. The van der Waals surface area contributed by atoms with Crippen molar-refractivity contribution >= 4 is 73.8 Å². The molecule has 6 aromatic carbocycles. The highest BCUT2D eigenvalue weighted by atomic mass is 32.1. The van der Waals surface area contributed by atoms with E-state index in [1.165, 1.54) is 62.2 Å². The van der Waals surface area contributed by atoms with Crippen LogP contribution in [0.15, 0.2) is 134 Å². The van der Waals surface area contributed by atoms with Gasteiger partial charge in [0.1, 0.15) is 0 Å². The molecule has 0 amide bonds. The van der Waals surface area contributed by atoms with E-state index in [9.17, 15) is 0 Å². The molecule has 0 spiro atoms. The zero-order valence-electron chi connectivity index (χ0n) is 22.4. The summed E-state index contributed by atoms with van der Waals surface area (Å²) in [7, 11) is 0. The molecular weight excluding hydrogens is 549 g/mol. The first-order valence-corrected chi connectivity index (χ1v) is 15.6. The third-order valence-corrected chi connectivity index (χ3v) is 10.6. The summed E-state index contributed by atoms with van der Waals surface area (Å²) in [4.78, 5) is 9.51. The van der Waals surface area contributed by atoms with E-state index in [-0.39, 0.29) is 0 Å². The fourth-order valence-corrected chi connectivity index (χ4v) is 8.63. The minimum absolute atomic E-state index is 0.742. The van der Waals surface area contributed by atoms with Gasteiger partial charge in [-0.1, -0.05) is 91.0 Å². The van der Waals surface area contributed by atoms with Crippen molar-refractivity contribution in [1.29, 1.82) is 0 Å². The van der Waals surface area contributed by atoms with Crippen molar-refractivity contribution in [3.8, 4) is 33.6 Å². The van der Waals surface area contributed by atoms with Crippen LogP contribution in [-0.4, -0.2) is 9.97 Å². The van der Waals surface area contributed by atoms with E-state index in [0.29, 0.717) is 0 Å². The van der Waals surface area contributed by atoms with Gasteiger partial charge in [-0.15, -0.1) is 22.7 Å². The quantitative estimate of drug-likeness (QED) is 0.211. The molecule has 0 saturated carbocycles. The van der Waals surface area contributed by atoms with Gasteiger partial charge in [0.25, 0.3) is 0 Å². The lowest BCUT2D eigenvalue weighted by Gasteiger charge is -2.07. The maximum atomic E-state index is 4.75. The molecule has 0 aliphatic rings. The minimum Gasteiger partial charge on any atom is -0.236 e. The number of hydrogen-bond donors (Lipinski definition) is 0. The molecule has 0 N–H and O–H groups in total. The van der Waals surface area contributed by atoms with E-state index < -0.39 is 0 Å². The van der Waals surface area contributed by atoms with E-state index in [2.05, 4.69) is 115 Å². The van der Waals surface area contributed by atoms with Gasteiger partial charge in [-0.25, -0.2) is 9.97 Å². The van der Waals surface area contributed by atoms with Gasteiger partial charge in [0.05, 0.1) is 9.40 Å². The maximum Gasteiger partial charge on any atom is 0.159 e. The second-order valence-electron chi connectivity index (χ2n) is 10.7. The van der Waals surface area contributed by atoms with Crippen molar-refractivity contribution in [2.45, 2.75) is 0 Å². The largest absolute Gasteiger partial charge is 0.236 e. The van der Waals surface area contributed by atoms with Crippen LogP contribution in [0, 0.1) is 0 Å². The van der Waals surface area contributed by atoms with Crippen LogP contribution in [0.3, 0.4) is 0 Å². The van der Waals surface area contributed by atoms with Gasteiger partial charge >= 0.3 is 0 Å². The first kappa shape index (κ1) is 23.8. The van der Waals surface area contributed by atoms with Crippen LogP contribution in [0.25, 0.3) is 84.8 Å². The Labute approximate surface area is 250 Å². The highest BCUT2D eigenvalue weighted by Gasteiger charge is 2.14. The van der Waals surface area contributed by atoms with Crippen molar-refractivity contribution in [3.05, 3.63) is 134 Å². The molecule has 3 aromatic heterocycles. The Bertz CT molecular complexity index is 2440. The maximum absolute atomic E-state index is 4.75. The average Bonchev–Trinajstić information content (AvgIpc) is 3.58. The predicted octanol–water partition coefficient (Wildman–Crippen LogP) is 11.4. The van der Waals surface area contributed by atoms with Crippen molar-refractivity contribution in [2.75, 3.05) is 0 Å². The monoisotopic (exact) mass is 570 g/mol. The van der Waals surface area contributed by atoms with Crippen molar-refractivity contribution in [3.63, 3.8) is 0 Å². The summed E-state index contributed by atoms with van der Waals surface area (Å²) in [6.45, 7) is 0. The molecule has 0 aliphatic carbocycles. The zero-order valence-corrected chi connectivity index (χ0v) is 24.0. The Morgan fingerprint density at radius 2 is 0.881 bits per heavy atom. The van der Waals surface area contributed by atoms with Crippen molar-refractivity contribution in [1.82, 2.24) is 9.97 Å². The second-order valence-corrected chi connectivity index (χ2v) is 12.8. The Morgan fingerprint density at radius 1 is 0.381 bits per heavy atom. The van der Waals surface area contributed by atoms with E-state index in [1.54, 1.807) is 0 Å². The molecule has 0 bridgehead atoms. The first-order valence-electron chi connectivity index (χ1n) is 14.0. The van der Waals surface area contributed by atoms with Crippen LogP contribution in [-0.2, 0) is 0 Å². The highest BCUT2D eigenvalue weighted by Crippen LogP contribution is 2.46. The highest BCUT2D eigenvalue weighted by molar-refractivity contribution is 7.36. The van der Waals surface area contributed by atoms with Gasteiger partial charge in [0.15, 0.2) is 5.82 Å². The number of hydrogen-bond acceptors (Lipinski definition) is 4. The molecular formula is C38H22N2S2. The summed E-state index contributed by atoms with van der Waals surface area (Å²) in [6, 6.07) is 43.6. The van der Waals surface area contributed by atoms with E-state index in [1.807, 2.05) is 41.1 Å². The molecule has 0 atom stereocenters. The van der Waals surface area contributed by atoms with Crippen molar-refractivity contribution in [2.24, 2.45) is 0 Å². The average molecular weight is 571 g/mol. The minimum atomic E-state index is 0.742. The Morgan fingerprint density at radius 3 is 1.55 bits per heavy atom. The number of thiophene rings is 2. The smallest absolute Gasteiger partial charge is 0.159 e. The van der Waals surface area contributed by atoms with Gasteiger partial charge in [-0.2, -0.15) is 0 Å². The summed E-state index contributed by atoms with van der Waals surface area (Å²) in [6.07, 6.45) is 3.85. The molecule has 0 unspecified atom stereocenters. The van der Waals surface area contributed by atoms with E-state index >= 15 is 0 Å². The fourth-order valence-electron chi connectivity index (χ4n) is 5.94. The van der Waals surface area contributed by atoms with Crippen LogP contribution in [0.4, 0.5) is 0 Å². The van der Waals surface area contributed by atoms with Crippen LogP contribution in [0.5, 0.6) is 0 Å². The number of aromatic nitrogens is 2. The zero-order chi connectivity index (χ0) is 27.6. The first-order chi connectivity index (χ1) is 20.8. The van der Waals surface area contributed by atoms with Gasteiger partial charge in [0, 0.05) is 43.7 Å². The molecule has 0 radical (unpaired) electrons. The standard InChI is InChI=1S/C38H22N2S2/c1-2-6-23(7-3-1)24-10-12-25(13-11-24)31-21-39-38(40-22-31)29-15-14-28-18-33-35(20-30(28)16-29)42-36-32-17-26-8-4-5-9-27(26)19-34(32)41-37(33)36/h1-22H. The van der Waals surface area contributed by atoms with Crippen LogP contribution in [0.2, 0.25) is 0 Å². The molecule has 4 heteroatoms. The Hall–Kier alpha value is -4.90. The molecule has 9 rings (SSSR count). The molecule has 0 aliphatic heterocycles. The third-order valence-electron chi connectivity index (χ3n) is 8.14. The number of fused-ring (bicyclic) bond motifs is 7.